The minimum atomic E-state index is -1.62. The minimum absolute atomic E-state index is 0.0494. The van der Waals surface area contributed by atoms with Crippen molar-refractivity contribution in [2.45, 2.75) is 62.9 Å². The number of primary amides is 1. The number of amides is 4. The Morgan fingerprint density at radius 1 is 0.861 bits per heavy atom. The Labute approximate surface area is 206 Å². The summed E-state index contributed by atoms with van der Waals surface area (Å²) < 4.78 is 0. The molecule has 10 N–H and O–H groups in total. The summed E-state index contributed by atoms with van der Waals surface area (Å²) in [6.07, 6.45) is -2.98. The van der Waals surface area contributed by atoms with Crippen LogP contribution in [0.2, 0.25) is 0 Å². The first-order valence-electron chi connectivity index (χ1n) is 10.9. The highest BCUT2D eigenvalue weighted by Gasteiger charge is 2.32. The molecule has 14 heteroatoms. The molecular formula is C22H31N5O9. The summed E-state index contributed by atoms with van der Waals surface area (Å²) in [6, 6.07) is 2.59. The Kier molecular flexibility index (Phi) is 12.0. The molecule has 0 spiro atoms. The first-order chi connectivity index (χ1) is 16.8. The summed E-state index contributed by atoms with van der Waals surface area (Å²) in [7, 11) is 0. The van der Waals surface area contributed by atoms with E-state index in [-0.39, 0.29) is 6.42 Å². The van der Waals surface area contributed by atoms with Crippen molar-refractivity contribution in [2.24, 2.45) is 11.5 Å². The fraction of sp³-hybridized carbons (Fsp3) is 0.455. The predicted molar refractivity (Wildman–Crippen MR) is 124 cm³/mol. The fourth-order valence-electron chi connectivity index (χ4n) is 3.03. The number of nitrogens with two attached hydrogens (primary N) is 2. The monoisotopic (exact) mass is 509 g/mol. The van der Waals surface area contributed by atoms with Crippen molar-refractivity contribution >= 4 is 35.6 Å². The van der Waals surface area contributed by atoms with Crippen molar-refractivity contribution in [3.63, 3.8) is 0 Å². The molecule has 1 aromatic carbocycles. The zero-order valence-electron chi connectivity index (χ0n) is 19.5. The average Bonchev–Trinajstić information content (AvgIpc) is 2.79. The minimum Gasteiger partial charge on any atom is -0.481 e. The maximum Gasteiger partial charge on any atom is 0.326 e. The molecule has 0 bridgehead atoms. The van der Waals surface area contributed by atoms with Crippen LogP contribution in [0.4, 0.5) is 0 Å². The van der Waals surface area contributed by atoms with Crippen molar-refractivity contribution in [3.05, 3.63) is 35.9 Å². The molecule has 198 valence electrons. The molecule has 0 fully saturated rings. The zero-order chi connectivity index (χ0) is 27.4. The molecule has 0 aliphatic heterocycles. The lowest BCUT2D eigenvalue weighted by Crippen LogP contribution is -2.59. The van der Waals surface area contributed by atoms with Crippen LogP contribution in [-0.4, -0.2) is 81.2 Å². The van der Waals surface area contributed by atoms with Gasteiger partial charge in [-0.15, -0.1) is 0 Å². The van der Waals surface area contributed by atoms with Gasteiger partial charge in [0.2, 0.25) is 23.6 Å². The molecule has 0 heterocycles. The number of hydrogen-bond donors (Lipinski definition) is 8. The third-order valence-electron chi connectivity index (χ3n) is 5.04. The molecule has 5 atom stereocenters. The van der Waals surface area contributed by atoms with E-state index in [2.05, 4.69) is 16.0 Å². The number of aliphatic hydroxyl groups excluding tert-OH is 1. The SMILES string of the molecule is CC(O)C(N)C(=O)NC(Cc1ccccc1)C(=O)NC(CC(N)=O)C(=O)NC(CCC(=O)O)C(=O)O. The molecule has 0 aromatic heterocycles. The lowest BCUT2D eigenvalue weighted by molar-refractivity contribution is -0.143. The third kappa shape index (κ3) is 10.5. The van der Waals surface area contributed by atoms with Crippen LogP contribution in [0.5, 0.6) is 0 Å². The van der Waals surface area contributed by atoms with Crippen LogP contribution >= 0.6 is 0 Å². The smallest absolute Gasteiger partial charge is 0.326 e. The van der Waals surface area contributed by atoms with Gasteiger partial charge in [-0.05, 0) is 18.9 Å². The van der Waals surface area contributed by atoms with Crippen LogP contribution in [-0.2, 0) is 35.2 Å². The van der Waals surface area contributed by atoms with Gasteiger partial charge in [0.1, 0.15) is 24.2 Å². The topological polar surface area (TPSA) is 251 Å². The number of carbonyl (C=O) groups is 6. The van der Waals surface area contributed by atoms with Crippen molar-refractivity contribution < 1.29 is 44.1 Å². The van der Waals surface area contributed by atoms with E-state index in [4.69, 9.17) is 16.6 Å². The second-order valence-corrected chi connectivity index (χ2v) is 8.08. The number of carboxylic acid groups (broad SMARTS) is 2. The van der Waals surface area contributed by atoms with Crippen molar-refractivity contribution in [2.75, 3.05) is 0 Å². The molecule has 0 saturated carbocycles. The quantitative estimate of drug-likeness (QED) is 0.121. The van der Waals surface area contributed by atoms with Crippen LogP contribution in [0.15, 0.2) is 30.3 Å². The van der Waals surface area contributed by atoms with Gasteiger partial charge >= 0.3 is 11.9 Å². The van der Waals surface area contributed by atoms with E-state index in [1.54, 1.807) is 30.3 Å². The first-order valence-corrected chi connectivity index (χ1v) is 10.9. The number of carbonyl (C=O) groups excluding carboxylic acids is 4. The van der Waals surface area contributed by atoms with Crippen LogP contribution in [0.3, 0.4) is 0 Å². The number of nitrogens with one attached hydrogen (secondary N) is 3. The maximum absolute atomic E-state index is 13.1. The predicted octanol–water partition coefficient (Wildman–Crippen LogP) is -2.78. The Morgan fingerprint density at radius 2 is 1.39 bits per heavy atom. The second-order valence-electron chi connectivity index (χ2n) is 8.08. The van der Waals surface area contributed by atoms with E-state index in [0.29, 0.717) is 5.56 Å². The number of rotatable bonds is 15. The van der Waals surface area contributed by atoms with Crippen molar-refractivity contribution in [1.29, 1.82) is 0 Å². The summed E-state index contributed by atoms with van der Waals surface area (Å²) in [5.74, 6) is -6.65. The van der Waals surface area contributed by atoms with Crippen LogP contribution in [0.1, 0.15) is 31.7 Å². The summed E-state index contributed by atoms with van der Waals surface area (Å²) in [6.45, 7) is 1.28. The van der Waals surface area contributed by atoms with Gasteiger partial charge in [0, 0.05) is 12.8 Å². The highest BCUT2D eigenvalue weighted by atomic mass is 16.4. The molecule has 1 rings (SSSR count). The van der Waals surface area contributed by atoms with Gasteiger partial charge in [0.15, 0.2) is 0 Å². The van der Waals surface area contributed by atoms with Crippen LogP contribution in [0.25, 0.3) is 0 Å². The molecule has 1 aromatic rings. The van der Waals surface area contributed by atoms with E-state index in [1.165, 1.54) is 6.92 Å². The average molecular weight is 510 g/mol. The van der Waals surface area contributed by atoms with Crippen LogP contribution in [0, 0.1) is 0 Å². The Morgan fingerprint density at radius 3 is 1.89 bits per heavy atom. The summed E-state index contributed by atoms with van der Waals surface area (Å²) in [5, 5.41) is 34.4. The van der Waals surface area contributed by atoms with Crippen molar-refractivity contribution in [3.8, 4) is 0 Å². The molecule has 0 aliphatic carbocycles. The Hall–Kier alpha value is -4.04. The number of aliphatic carboxylic acids is 2. The standard InChI is InChI=1S/C22H31N5O9/c1-11(28)18(24)21(34)27-14(9-12-5-3-2-4-6-12)19(32)26-15(10-16(23)29)20(33)25-13(22(35)36)7-8-17(30)31/h2-6,11,13-15,18,28H,7-10,24H2,1H3,(H2,23,29)(H,25,33)(H,26,32)(H,27,34)(H,30,31)(H,35,36). The van der Waals surface area contributed by atoms with Gasteiger partial charge in [-0.2, -0.15) is 0 Å². The van der Waals surface area contributed by atoms with Gasteiger partial charge in [-0.1, -0.05) is 30.3 Å². The van der Waals surface area contributed by atoms with Gasteiger partial charge in [0.05, 0.1) is 12.5 Å². The molecule has 4 amide bonds. The molecule has 36 heavy (non-hydrogen) atoms. The Balaban J connectivity index is 3.10. The third-order valence-corrected chi connectivity index (χ3v) is 5.04. The number of hydrogen-bond acceptors (Lipinski definition) is 8. The second kappa shape index (κ2) is 14.4. The van der Waals surface area contributed by atoms with Gasteiger partial charge in [-0.3, -0.25) is 24.0 Å². The van der Waals surface area contributed by atoms with E-state index in [1.807, 2.05) is 0 Å². The van der Waals surface area contributed by atoms with E-state index in [0.717, 1.165) is 0 Å². The lowest BCUT2D eigenvalue weighted by atomic mass is 10.0. The van der Waals surface area contributed by atoms with E-state index >= 15 is 0 Å². The highest BCUT2D eigenvalue weighted by Crippen LogP contribution is 2.06. The molecular weight excluding hydrogens is 478 g/mol. The van der Waals surface area contributed by atoms with E-state index < -0.39 is 85.1 Å². The zero-order valence-corrected chi connectivity index (χ0v) is 19.5. The fourth-order valence-corrected chi connectivity index (χ4v) is 3.03. The summed E-state index contributed by atoms with van der Waals surface area (Å²) in [5.41, 5.74) is 11.4. The number of benzene rings is 1. The molecule has 5 unspecified atom stereocenters. The summed E-state index contributed by atoms with van der Waals surface area (Å²) in [4.78, 5) is 71.8. The largest absolute Gasteiger partial charge is 0.481 e. The van der Waals surface area contributed by atoms with Crippen LogP contribution < -0.4 is 27.4 Å². The van der Waals surface area contributed by atoms with E-state index in [9.17, 15) is 39.0 Å². The maximum atomic E-state index is 13.1. The molecule has 0 radical (unpaired) electrons. The van der Waals surface area contributed by atoms with Gasteiger partial charge < -0.3 is 42.7 Å². The van der Waals surface area contributed by atoms with Crippen molar-refractivity contribution in [1.82, 2.24) is 16.0 Å². The highest BCUT2D eigenvalue weighted by molar-refractivity contribution is 5.96. The molecule has 0 aliphatic rings. The van der Waals surface area contributed by atoms with Gasteiger partial charge in [-0.25, -0.2) is 4.79 Å². The Bertz CT molecular complexity index is 954. The first kappa shape index (κ1) is 30.0. The summed E-state index contributed by atoms with van der Waals surface area (Å²) >= 11 is 0. The lowest BCUT2D eigenvalue weighted by Gasteiger charge is -2.25. The normalized spacial score (nSPS) is 14.9. The molecule has 0 saturated heterocycles. The molecule has 14 nitrogen and oxygen atoms in total. The number of aliphatic hydroxyl groups is 1. The van der Waals surface area contributed by atoms with Gasteiger partial charge in [0.25, 0.3) is 0 Å². The number of carboxylic acids is 2.